The lowest BCUT2D eigenvalue weighted by Crippen LogP contribution is -2.32. The van der Waals surface area contributed by atoms with Gasteiger partial charge in [0.1, 0.15) is 23.1 Å². The second-order valence-electron chi connectivity index (χ2n) is 12.8. The van der Waals surface area contributed by atoms with Crippen molar-refractivity contribution in [2.75, 3.05) is 82.1 Å². The van der Waals surface area contributed by atoms with Crippen LogP contribution in [0.3, 0.4) is 0 Å². The van der Waals surface area contributed by atoms with Crippen molar-refractivity contribution >= 4 is 35.5 Å². The van der Waals surface area contributed by atoms with Gasteiger partial charge in [-0.2, -0.15) is 9.97 Å². The molecule has 53 heavy (non-hydrogen) atoms. The maximum atomic E-state index is 12.6. The second kappa shape index (κ2) is 16.3. The molecule has 4 heterocycles. The summed E-state index contributed by atoms with van der Waals surface area (Å²) in [5, 5.41) is 10.3. The van der Waals surface area contributed by atoms with Gasteiger partial charge >= 0.3 is 11.9 Å². The van der Waals surface area contributed by atoms with Gasteiger partial charge in [-0.3, -0.25) is 0 Å². The summed E-state index contributed by atoms with van der Waals surface area (Å²) in [5.74, 6) is 0.783. The molecule has 5 N–H and O–H groups in total. The molecule has 2 unspecified atom stereocenters. The number of anilines is 4. The first-order valence-electron chi connectivity index (χ1n) is 17.2. The molecule has 2 aromatic heterocycles. The van der Waals surface area contributed by atoms with Crippen LogP contribution in [0.2, 0.25) is 0 Å². The van der Waals surface area contributed by atoms with Crippen molar-refractivity contribution in [2.24, 2.45) is 0 Å². The number of ether oxygens (including phenoxy) is 5. The van der Waals surface area contributed by atoms with E-state index in [0.29, 0.717) is 89.5 Å². The van der Waals surface area contributed by atoms with E-state index >= 15 is 0 Å². The molecule has 2 fully saturated rings. The Kier molecular flexibility index (Phi) is 11.4. The van der Waals surface area contributed by atoms with Crippen molar-refractivity contribution in [1.29, 1.82) is 0 Å². The number of rotatable bonds is 10. The summed E-state index contributed by atoms with van der Waals surface area (Å²) in [6.07, 6.45) is 1.59. The number of nitrogens with zero attached hydrogens (tertiary/aromatic N) is 6. The number of aromatic carboxylic acids is 1. The maximum absolute atomic E-state index is 12.6. The molecule has 6 rings (SSSR count). The van der Waals surface area contributed by atoms with Crippen LogP contribution in [0, 0.1) is 6.92 Å². The highest BCUT2D eigenvalue weighted by atomic mass is 16.5. The van der Waals surface area contributed by atoms with Gasteiger partial charge in [-0.15, -0.1) is 0 Å². The summed E-state index contributed by atoms with van der Waals surface area (Å²) in [6.45, 7) is 4.55. The number of carboxylic acids is 1. The fourth-order valence-electron chi connectivity index (χ4n) is 6.98. The van der Waals surface area contributed by atoms with Crippen molar-refractivity contribution in [3.05, 3.63) is 81.7 Å². The van der Waals surface area contributed by atoms with Gasteiger partial charge in [0, 0.05) is 67.2 Å². The monoisotopic (exact) mass is 728 g/mol. The number of nitrogens with two attached hydrogens (primary N) is 2. The molecular weight excluding hydrogens is 684 g/mol. The number of carbonyl (C=O) groups is 2. The SMILES string of the molecule is COC(=O)c1ccc(OC)c(C2COCCCN2c2cc(Cc3cc(C(=O)O)cc(C4COCCCN4c4cc(C)nc(N)n4)c3OC)nc(N)n2)c1. The van der Waals surface area contributed by atoms with Crippen LogP contribution in [0.1, 0.15) is 73.7 Å². The molecule has 0 spiro atoms. The van der Waals surface area contributed by atoms with Crippen molar-refractivity contribution in [3.63, 3.8) is 0 Å². The minimum atomic E-state index is -1.10. The normalized spacial score (nSPS) is 17.8. The quantitative estimate of drug-likeness (QED) is 0.198. The fourth-order valence-corrected chi connectivity index (χ4v) is 6.98. The molecule has 4 aromatic rings. The van der Waals surface area contributed by atoms with E-state index in [-0.39, 0.29) is 37.1 Å². The minimum Gasteiger partial charge on any atom is -0.496 e. The van der Waals surface area contributed by atoms with E-state index in [9.17, 15) is 14.7 Å². The number of esters is 1. The van der Waals surface area contributed by atoms with Gasteiger partial charge in [-0.05, 0) is 50.1 Å². The lowest BCUT2D eigenvalue weighted by Gasteiger charge is -2.33. The lowest BCUT2D eigenvalue weighted by atomic mass is 9.95. The highest BCUT2D eigenvalue weighted by molar-refractivity contribution is 5.90. The van der Waals surface area contributed by atoms with E-state index in [1.165, 1.54) is 7.11 Å². The van der Waals surface area contributed by atoms with Crippen molar-refractivity contribution in [3.8, 4) is 11.5 Å². The predicted octanol–water partition coefficient (Wildman–Crippen LogP) is 3.77. The summed E-state index contributed by atoms with van der Waals surface area (Å²) in [5.41, 5.74) is 16.0. The average Bonchev–Trinajstić information content (AvgIpc) is 3.55. The molecule has 16 heteroatoms. The number of methoxy groups -OCH3 is 3. The number of aromatic nitrogens is 4. The van der Waals surface area contributed by atoms with Gasteiger partial charge in [0.2, 0.25) is 11.9 Å². The molecule has 0 radical (unpaired) electrons. The molecule has 2 aliphatic rings. The predicted molar refractivity (Wildman–Crippen MR) is 196 cm³/mol. The Balaban J connectivity index is 1.42. The maximum Gasteiger partial charge on any atom is 0.337 e. The highest BCUT2D eigenvalue weighted by Crippen LogP contribution is 2.39. The first-order chi connectivity index (χ1) is 25.6. The molecule has 2 atom stereocenters. The van der Waals surface area contributed by atoms with Crippen molar-refractivity contribution in [1.82, 2.24) is 19.9 Å². The Bertz CT molecular complexity index is 1960. The number of benzene rings is 2. The molecule has 0 amide bonds. The fraction of sp³-hybridized carbons (Fsp3) is 0.405. The number of carbonyl (C=O) groups excluding carboxylic acids is 1. The molecule has 0 saturated carbocycles. The number of aryl methyl sites for hydroxylation is 1. The zero-order valence-electron chi connectivity index (χ0n) is 30.2. The molecular formula is C37H44N8O8. The van der Waals surface area contributed by atoms with E-state index in [1.54, 1.807) is 44.6 Å². The van der Waals surface area contributed by atoms with Gasteiger partial charge in [0.25, 0.3) is 0 Å². The van der Waals surface area contributed by atoms with Crippen molar-refractivity contribution in [2.45, 2.75) is 38.3 Å². The molecule has 0 bridgehead atoms. The van der Waals surface area contributed by atoms with Crippen LogP contribution in [0.4, 0.5) is 23.5 Å². The van der Waals surface area contributed by atoms with Crippen LogP contribution in [-0.4, -0.2) is 97.8 Å². The minimum absolute atomic E-state index is 0.0327. The Morgan fingerprint density at radius 1 is 0.811 bits per heavy atom. The summed E-state index contributed by atoms with van der Waals surface area (Å²) >= 11 is 0. The van der Waals surface area contributed by atoms with Gasteiger partial charge in [-0.25, -0.2) is 19.6 Å². The van der Waals surface area contributed by atoms with Crippen molar-refractivity contribution < 1.29 is 38.4 Å². The van der Waals surface area contributed by atoms with Crippen LogP contribution in [0.25, 0.3) is 0 Å². The van der Waals surface area contributed by atoms with Crippen LogP contribution in [0.15, 0.2) is 42.5 Å². The first-order valence-corrected chi connectivity index (χ1v) is 17.2. The van der Waals surface area contributed by atoms with E-state index in [4.69, 9.17) is 35.2 Å². The van der Waals surface area contributed by atoms with E-state index in [1.807, 2.05) is 19.1 Å². The summed E-state index contributed by atoms with van der Waals surface area (Å²) in [7, 11) is 4.45. The van der Waals surface area contributed by atoms with E-state index in [2.05, 4.69) is 29.7 Å². The Morgan fingerprint density at radius 2 is 1.43 bits per heavy atom. The third kappa shape index (κ3) is 8.18. The molecule has 2 saturated heterocycles. The Labute approximate surface area is 307 Å². The number of hydrogen-bond donors (Lipinski definition) is 3. The average molecular weight is 729 g/mol. The Hall–Kier alpha value is -5.74. The molecule has 0 aliphatic carbocycles. The lowest BCUT2D eigenvalue weighted by molar-refractivity contribution is 0.0599. The summed E-state index contributed by atoms with van der Waals surface area (Å²) in [4.78, 5) is 47.1. The van der Waals surface area contributed by atoms with Gasteiger partial charge in [0.15, 0.2) is 0 Å². The number of carboxylic acid groups (broad SMARTS) is 1. The van der Waals surface area contributed by atoms with Crippen LogP contribution < -0.4 is 30.7 Å². The van der Waals surface area contributed by atoms with E-state index < -0.39 is 24.0 Å². The first kappa shape index (κ1) is 37.0. The third-order valence-corrected chi connectivity index (χ3v) is 9.29. The zero-order chi connectivity index (χ0) is 37.6. The number of nitrogen functional groups attached to an aromatic ring is 2. The van der Waals surface area contributed by atoms with Gasteiger partial charge in [0.05, 0.1) is 63.4 Å². The molecule has 280 valence electrons. The van der Waals surface area contributed by atoms with Crippen LogP contribution in [0.5, 0.6) is 11.5 Å². The smallest absolute Gasteiger partial charge is 0.337 e. The summed E-state index contributed by atoms with van der Waals surface area (Å²) < 4.78 is 28.8. The standard InChI is InChI=1S/C37H44N8O8/c1-21-13-31(42-36(38)40-21)45-10-6-12-53-20-29(45)27-17-24(34(46)47)14-23(33(27)50-3)15-25-18-32(43-37(39)41-25)44-9-5-11-52-19-28(44)26-16-22(35(48)51-4)7-8-30(26)49-2/h7-8,13-14,16-18,28-29H,5-6,9-12,15,19-20H2,1-4H3,(H,46,47)(H2,38,40,42)(H2,39,41,43). The third-order valence-electron chi connectivity index (χ3n) is 9.29. The molecule has 16 nitrogen and oxygen atoms in total. The highest BCUT2D eigenvalue weighted by Gasteiger charge is 2.32. The second-order valence-corrected chi connectivity index (χ2v) is 12.8. The van der Waals surface area contributed by atoms with Gasteiger partial charge < -0.3 is 50.1 Å². The van der Waals surface area contributed by atoms with Gasteiger partial charge in [-0.1, -0.05) is 0 Å². The summed E-state index contributed by atoms with van der Waals surface area (Å²) in [6, 6.07) is 11.1. The Morgan fingerprint density at radius 3 is 2.04 bits per heavy atom. The topological polar surface area (TPSA) is 211 Å². The number of hydrogen-bond acceptors (Lipinski definition) is 15. The molecule has 2 aromatic carbocycles. The van der Waals surface area contributed by atoms with E-state index in [0.717, 1.165) is 6.42 Å². The van der Waals surface area contributed by atoms with Crippen LogP contribution >= 0.6 is 0 Å². The zero-order valence-corrected chi connectivity index (χ0v) is 30.2. The van der Waals surface area contributed by atoms with Crippen LogP contribution in [-0.2, 0) is 20.6 Å². The molecule has 2 aliphatic heterocycles. The largest absolute Gasteiger partial charge is 0.496 e.